The van der Waals surface area contributed by atoms with E-state index in [1.54, 1.807) is 25.6 Å². The minimum absolute atomic E-state index is 0.101. The first-order valence-corrected chi connectivity index (χ1v) is 11.2. The number of likely N-dealkylation sites (tertiary alicyclic amines) is 1. The van der Waals surface area contributed by atoms with Crippen molar-refractivity contribution in [3.8, 4) is 17.1 Å². The van der Waals surface area contributed by atoms with E-state index in [0.29, 0.717) is 19.0 Å². The fraction of sp³-hybridized carbons (Fsp3) is 0.400. The van der Waals surface area contributed by atoms with Crippen LogP contribution in [0.3, 0.4) is 0 Å². The maximum absolute atomic E-state index is 12.5. The van der Waals surface area contributed by atoms with Gasteiger partial charge in [-0.15, -0.1) is 0 Å². The average Bonchev–Trinajstić information content (AvgIpc) is 2.83. The molecule has 1 fully saturated rings. The van der Waals surface area contributed by atoms with Crippen LogP contribution < -0.4 is 10.3 Å². The quantitative estimate of drug-likeness (QED) is 0.575. The van der Waals surface area contributed by atoms with E-state index in [2.05, 4.69) is 27.0 Å². The summed E-state index contributed by atoms with van der Waals surface area (Å²) >= 11 is 0. The van der Waals surface area contributed by atoms with Gasteiger partial charge in [-0.1, -0.05) is 12.5 Å². The van der Waals surface area contributed by atoms with Gasteiger partial charge in [0.25, 0.3) is 5.56 Å². The Hall–Kier alpha value is -3.03. The molecule has 1 aliphatic rings. The van der Waals surface area contributed by atoms with Gasteiger partial charge in [-0.3, -0.25) is 14.7 Å². The van der Waals surface area contributed by atoms with Crippen LogP contribution in [-0.2, 0) is 17.9 Å². The van der Waals surface area contributed by atoms with Crippen LogP contribution in [0.25, 0.3) is 11.4 Å². The number of hydrogen-bond donors (Lipinski definition) is 1. The molecule has 0 radical (unpaired) electrons. The molecule has 2 aromatic heterocycles. The van der Waals surface area contributed by atoms with Crippen LogP contribution in [0.2, 0.25) is 0 Å². The Morgan fingerprint density at radius 3 is 2.78 bits per heavy atom. The summed E-state index contributed by atoms with van der Waals surface area (Å²) in [5.74, 6) is 1.43. The second kappa shape index (κ2) is 10.5. The third-order valence-electron chi connectivity index (χ3n) is 5.86. The van der Waals surface area contributed by atoms with Crippen molar-refractivity contribution in [2.45, 2.75) is 45.4 Å². The fourth-order valence-electron chi connectivity index (χ4n) is 4.30. The number of rotatable bonds is 8. The molecule has 1 aliphatic heterocycles. The van der Waals surface area contributed by atoms with E-state index in [9.17, 15) is 4.79 Å². The van der Waals surface area contributed by atoms with Crippen molar-refractivity contribution in [2.24, 2.45) is 0 Å². The molecule has 3 aromatic rings. The summed E-state index contributed by atoms with van der Waals surface area (Å²) in [5.41, 5.74) is 3.80. The standard InChI is InChI=1S/C25H30N4O3/c1-3-32-17-20-14-18(7-8-23(20)31-2)16-29-13-5-4-6-22(29)21-15-24(30)28-25(27-21)19-9-11-26-12-10-19/h7-12,14-15,22H,3-6,13,16-17H2,1-2H3,(H,27,28,30)/t22-/m1/s1. The fourth-order valence-corrected chi connectivity index (χ4v) is 4.30. The number of pyridine rings is 1. The molecule has 1 saturated heterocycles. The van der Waals surface area contributed by atoms with Gasteiger partial charge in [-0.05, 0) is 56.1 Å². The van der Waals surface area contributed by atoms with Crippen molar-refractivity contribution in [1.82, 2.24) is 19.9 Å². The molecule has 1 atom stereocenters. The van der Waals surface area contributed by atoms with Gasteiger partial charge < -0.3 is 14.5 Å². The predicted octanol–water partition coefficient (Wildman–Crippen LogP) is 4.10. The Labute approximate surface area is 188 Å². The van der Waals surface area contributed by atoms with Gasteiger partial charge >= 0.3 is 0 Å². The molecule has 1 aromatic carbocycles. The van der Waals surface area contributed by atoms with Crippen LogP contribution in [0.1, 0.15) is 49.0 Å². The number of H-pyrrole nitrogens is 1. The highest BCUT2D eigenvalue weighted by Gasteiger charge is 2.26. The summed E-state index contributed by atoms with van der Waals surface area (Å²) in [6.07, 6.45) is 6.66. The Morgan fingerprint density at radius 2 is 2.00 bits per heavy atom. The first kappa shape index (κ1) is 22.2. The Morgan fingerprint density at radius 1 is 1.16 bits per heavy atom. The summed E-state index contributed by atoms with van der Waals surface area (Å²) in [6, 6.07) is 11.7. The third kappa shape index (κ3) is 5.23. The number of nitrogens with zero attached hydrogens (tertiary/aromatic N) is 3. The summed E-state index contributed by atoms with van der Waals surface area (Å²) in [7, 11) is 1.68. The second-order valence-corrected chi connectivity index (χ2v) is 8.02. The Bertz CT molecular complexity index is 1080. The lowest BCUT2D eigenvalue weighted by Gasteiger charge is -2.35. The number of benzene rings is 1. The van der Waals surface area contributed by atoms with Crippen molar-refractivity contribution >= 4 is 0 Å². The first-order chi connectivity index (χ1) is 15.7. The maximum Gasteiger partial charge on any atom is 0.251 e. The summed E-state index contributed by atoms with van der Waals surface area (Å²) in [6.45, 7) is 4.93. The SMILES string of the molecule is CCOCc1cc(CN2CCCC[C@@H]2c2cc(=O)[nH]c(-c3ccncc3)n2)ccc1OC. The maximum atomic E-state index is 12.5. The van der Waals surface area contributed by atoms with Gasteiger partial charge in [0, 0.05) is 42.7 Å². The van der Waals surface area contributed by atoms with Crippen molar-refractivity contribution in [2.75, 3.05) is 20.3 Å². The first-order valence-electron chi connectivity index (χ1n) is 11.2. The van der Waals surface area contributed by atoms with Gasteiger partial charge in [0.1, 0.15) is 11.6 Å². The number of aromatic amines is 1. The zero-order valence-corrected chi connectivity index (χ0v) is 18.7. The van der Waals surface area contributed by atoms with Gasteiger partial charge in [0.2, 0.25) is 0 Å². The second-order valence-electron chi connectivity index (χ2n) is 8.02. The van der Waals surface area contributed by atoms with Crippen LogP contribution in [0.4, 0.5) is 0 Å². The van der Waals surface area contributed by atoms with Crippen molar-refractivity contribution in [1.29, 1.82) is 0 Å². The molecule has 4 rings (SSSR count). The Kier molecular flexibility index (Phi) is 7.29. The minimum atomic E-state index is -0.129. The zero-order valence-electron chi connectivity index (χ0n) is 18.7. The molecule has 7 heteroatoms. The van der Waals surface area contributed by atoms with E-state index in [1.807, 2.05) is 25.1 Å². The molecule has 0 saturated carbocycles. The van der Waals surface area contributed by atoms with Gasteiger partial charge in [0.05, 0.1) is 25.5 Å². The molecule has 7 nitrogen and oxygen atoms in total. The van der Waals surface area contributed by atoms with E-state index in [4.69, 9.17) is 14.5 Å². The van der Waals surface area contributed by atoms with Crippen molar-refractivity contribution in [3.05, 3.63) is 76.0 Å². The van der Waals surface area contributed by atoms with Crippen LogP contribution in [0, 0.1) is 0 Å². The summed E-state index contributed by atoms with van der Waals surface area (Å²) in [5, 5.41) is 0. The molecular weight excluding hydrogens is 404 g/mol. The lowest BCUT2D eigenvalue weighted by Crippen LogP contribution is -2.34. The number of hydrogen-bond acceptors (Lipinski definition) is 6. The molecule has 0 bridgehead atoms. The number of aromatic nitrogens is 3. The highest BCUT2D eigenvalue weighted by molar-refractivity contribution is 5.53. The zero-order chi connectivity index (χ0) is 22.3. The minimum Gasteiger partial charge on any atom is -0.496 e. The average molecular weight is 435 g/mol. The highest BCUT2D eigenvalue weighted by Crippen LogP contribution is 2.32. The monoisotopic (exact) mass is 434 g/mol. The number of ether oxygens (including phenoxy) is 2. The molecular formula is C25H30N4O3. The topological polar surface area (TPSA) is 80.3 Å². The largest absolute Gasteiger partial charge is 0.496 e. The predicted molar refractivity (Wildman–Crippen MR) is 123 cm³/mol. The molecule has 1 N–H and O–H groups in total. The molecule has 0 spiro atoms. The van der Waals surface area contributed by atoms with Crippen LogP contribution >= 0.6 is 0 Å². The van der Waals surface area contributed by atoms with Gasteiger partial charge in [-0.2, -0.15) is 0 Å². The number of piperidine rings is 1. The summed E-state index contributed by atoms with van der Waals surface area (Å²) in [4.78, 5) is 26.6. The van der Waals surface area contributed by atoms with E-state index in [-0.39, 0.29) is 11.6 Å². The van der Waals surface area contributed by atoms with E-state index in [1.165, 1.54) is 5.56 Å². The smallest absolute Gasteiger partial charge is 0.251 e. The highest BCUT2D eigenvalue weighted by atomic mass is 16.5. The van der Waals surface area contributed by atoms with Crippen LogP contribution in [0.15, 0.2) is 53.6 Å². The lowest BCUT2D eigenvalue weighted by atomic mass is 9.97. The molecule has 168 valence electrons. The van der Waals surface area contributed by atoms with Crippen LogP contribution in [0.5, 0.6) is 5.75 Å². The van der Waals surface area contributed by atoms with Crippen LogP contribution in [-0.4, -0.2) is 40.1 Å². The lowest BCUT2D eigenvalue weighted by molar-refractivity contribution is 0.130. The third-order valence-corrected chi connectivity index (χ3v) is 5.86. The molecule has 32 heavy (non-hydrogen) atoms. The summed E-state index contributed by atoms with van der Waals surface area (Å²) < 4.78 is 11.1. The van der Waals surface area contributed by atoms with E-state index >= 15 is 0 Å². The van der Waals surface area contributed by atoms with Gasteiger partial charge in [-0.25, -0.2) is 4.98 Å². The normalized spacial score (nSPS) is 16.8. The molecule has 0 unspecified atom stereocenters. The molecule has 0 amide bonds. The number of methoxy groups -OCH3 is 1. The number of nitrogens with one attached hydrogen (secondary N) is 1. The van der Waals surface area contributed by atoms with Crippen molar-refractivity contribution < 1.29 is 9.47 Å². The molecule has 3 heterocycles. The molecule has 0 aliphatic carbocycles. The van der Waals surface area contributed by atoms with Gasteiger partial charge in [0.15, 0.2) is 0 Å². The Balaban J connectivity index is 1.60. The van der Waals surface area contributed by atoms with E-state index < -0.39 is 0 Å². The van der Waals surface area contributed by atoms with Crippen molar-refractivity contribution in [3.63, 3.8) is 0 Å². The van der Waals surface area contributed by atoms with E-state index in [0.717, 1.165) is 54.9 Å².